The van der Waals surface area contributed by atoms with Crippen molar-refractivity contribution in [2.24, 2.45) is 5.84 Å². The number of carbonyl (C=O) groups is 1. The second-order valence-corrected chi connectivity index (χ2v) is 4.17. The predicted molar refractivity (Wildman–Crippen MR) is 68.7 cm³/mol. The van der Waals surface area contributed by atoms with Gasteiger partial charge in [0.2, 0.25) is 0 Å². The summed E-state index contributed by atoms with van der Waals surface area (Å²) < 4.78 is 44.7. The number of rotatable bonds is 4. The van der Waals surface area contributed by atoms with Gasteiger partial charge in [0.05, 0.1) is 0 Å². The number of amides is 1. The van der Waals surface area contributed by atoms with Crippen molar-refractivity contribution in [3.05, 3.63) is 65.0 Å². The molecule has 0 heterocycles. The molecule has 3 N–H and O–H groups in total. The third-order valence-corrected chi connectivity index (χ3v) is 2.67. The van der Waals surface area contributed by atoms with E-state index in [1.54, 1.807) is 0 Å². The van der Waals surface area contributed by atoms with Gasteiger partial charge in [0.1, 0.15) is 29.8 Å². The van der Waals surface area contributed by atoms with Crippen LogP contribution in [0.2, 0.25) is 0 Å². The second kappa shape index (κ2) is 6.27. The SMILES string of the molecule is NNC(=O)c1ccc(F)c(COc2cc(F)cc(F)c2)c1. The van der Waals surface area contributed by atoms with E-state index in [0.717, 1.165) is 18.2 Å². The molecular weight excluding hydrogens is 285 g/mol. The van der Waals surface area contributed by atoms with Crippen LogP contribution in [-0.4, -0.2) is 5.91 Å². The van der Waals surface area contributed by atoms with Crippen LogP contribution in [0.4, 0.5) is 13.2 Å². The summed E-state index contributed by atoms with van der Waals surface area (Å²) in [5.74, 6) is 2.09. The molecule has 2 aromatic rings. The molecule has 0 aliphatic rings. The van der Waals surface area contributed by atoms with Crippen LogP contribution in [0.1, 0.15) is 15.9 Å². The van der Waals surface area contributed by atoms with Gasteiger partial charge < -0.3 is 4.74 Å². The van der Waals surface area contributed by atoms with Crippen LogP contribution in [0.15, 0.2) is 36.4 Å². The number of nitrogen functional groups attached to an aromatic ring is 1. The number of nitrogens with two attached hydrogens (primary N) is 1. The van der Waals surface area contributed by atoms with E-state index < -0.39 is 23.4 Å². The molecule has 21 heavy (non-hydrogen) atoms. The molecule has 7 heteroatoms. The standard InChI is InChI=1S/C14H11F3N2O2/c15-10-4-11(16)6-12(5-10)21-7-9-3-8(14(20)19-18)1-2-13(9)17/h1-6H,7,18H2,(H,19,20). The number of halogens is 3. The Balaban J connectivity index is 2.17. The van der Waals surface area contributed by atoms with E-state index in [1.165, 1.54) is 12.1 Å². The number of hydrogen-bond donors (Lipinski definition) is 2. The first-order valence-electron chi connectivity index (χ1n) is 5.88. The van der Waals surface area contributed by atoms with E-state index in [9.17, 15) is 18.0 Å². The number of benzene rings is 2. The summed E-state index contributed by atoms with van der Waals surface area (Å²) in [6.07, 6.45) is 0. The van der Waals surface area contributed by atoms with Gasteiger partial charge in [0.15, 0.2) is 0 Å². The van der Waals surface area contributed by atoms with Crippen molar-refractivity contribution < 1.29 is 22.7 Å². The fourth-order valence-electron chi connectivity index (χ4n) is 1.68. The summed E-state index contributed by atoms with van der Waals surface area (Å²) in [5.41, 5.74) is 2.11. The van der Waals surface area contributed by atoms with Gasteiger partial charge in [-0.15, -0.1) is 0 Å². The van der Waals surface area contributed by atoms with Crippen LogP contribution in [0.5, 0.6) is 5.75 Å². The maximum absolute atomic E-state index is 13.6. The van der Waals surface area contributed by atoms with Crippen LogP contribution in [-0.2, 0) is 6.61 Å². The molecule has 2 aromatic carbocycles. The fourth-order valence-corrected chi connectivity index (χ4v) is 1.68. The van der Waals surface area contributed by atoms with Crippen molar-refractivity contribution in [1.82, 2.24) is 5.43 Å². The minimum Gasteiger partial charge on any atom is -0.489 e. The van der Waals surface area contributed by atoms with E-state index >= 15 is 0 Å². The molecule has 2 rings (SSSR count). The summed E-state index contributed by atoms with van der Waals surface area (Å²) in [4.78, 5) is 11.3. The molecule has 0 bridgehead atoms. The van der Waals surface area contributed by atoms with Gasteiger partial charge in [0, 0.05) is 29.3 Å². The maximum atomic E-state index is 13.6. The largest absolute Gasteiger partial charge is 0.489 e. The van der Waals surface area contributed by atoms with E-state index in [0.29, 0.717) is 6.07 Å². The average Bonchev–Trinajstić information content (AvgIpc) is 2.44. The van der Waals surface area contributed by atoms with Gasteiger partial charge in [-0.2, -0.15) is 0 Å². The Bertz CT molecular complexity index is 657. The number of nitrogens with one attached hydrogen (secondary N) is 1. The lowest BCUT2D eigenvalue weighted by Crippen LogP contribution is -2.30. The molecule has 0 fully saturated rings. The fraction of sp³-hybridized carbons (Fsp3) is 0.0714. The zero-order chi connectivity index (χ0) is 15.4. The molecule has 1 amide bonds. The molecule has 0 saturated carbocycles. The Kier molecular flexibility index (Phi) is 4.44. The molecule has 0 radical (unpaired) electrons. The van der Waals surface area contributed by atoms with E-state index in [4.69, 9.17) is 10.6 Å². The van der Waals surface area contributed by atoms with Crippen LogP contribution in [0.3, 0.4) is 0 Å². The number of hydrazine groups is 1. The van der Waals surface area contributed by atoms with Gasteiger partial charge in [-0.1, -0.05) is 0 Å². The molecule has 0 unspecified atom stereocenters. The third-order valence-electron chi connectivity index (χ3n) is 2.67. The highest BCUT2D eigenvalue weighted by molar-refractivity contribution is 5.93. The first kappa shape index (κ1) is 14.9. The summed E-state index contributed by atoms with van der Waals surface area (Å²) >= 11 is 0. The van der Waals surface area contributed by atoms with Crippen molar-refractivity contribution in [2.45, 2.75) is 6.61 Å². The molecule has 0 aliphatic carbocycles. The van der Waals surface area contributed by atoms with Gasteiger partial charge >= 0.3 is 0 Å². The van der Waals surface area contributed by atoms with Crippen molar-refractivity contribution in [3.63, 3.8) is 0 Å². The first-order valence-corrected chi connectivity index (χ1v) is 5.88. The van der Waals surface area contributed by atoms with Gasteiger partial charge in [-0.3, -0.25) is 10.2 Å². The molecule has 0 aliphatic heterocycles. The highest BCUT2D eigenvalue weighted by Crippen LogP contribution is 2.18. The number of hydrogen-bond acceptors (Lipinski definition) is 3. The molecule has 0 spiro atoms. The highest BCUT2D eigenvalue weighted by atomic mass is 19.1. The van der Waals surface area contributed by atoms with E-state index in [1.807, 2.05) is 5.43 Å². The normalized spacial score (nSPS) is 10.3. The molecule has 0 saturated heterocycles. The zero-order valence-corrected chi connectivity index (χ0v) is 10.7. The van der Waals surface area contributed by atoms with E-state index in [-0.39, 0.29) is 23.5 Å². The number of ether oxygens (including phenoxy) is 1. The lowest BCUT2D eigenvalue weighted by molar-refractivity contribution is 0.0953. The smallest absolute Gasteiger partial charge is 0.265 e. The molecule has 0 atom stereocenters. The Morgan fingerprint density at radius 1 is 1.10 bits per heavy atom. The lowest BCUT2D eigenvalue weighted by atomic mass is 10.1. The summed E-state index contributed by atoms with van der Waals surface area (Å²) in [7, 11) is 0. The summed E-state index contributed by atoms with van der Waals surface area (Å²) in [6, 6.07) is 6.21. The van der Waals surface area contributed by atoms with E-state index in [2.05, 4.69) is 0 Å². The molecule has 110 valence electrons. The van der Waals surface area contributed by atoms with Crippen LogP contribution < -0.4 is 16.0 Å². The minimum atomic E-state index is -0.804. The summed E-state index contributed by atoms with van der Waals surface area (Å²) in [5, 5.41) is 0. The summed E-state index contributed by atoms with van der Waals surface area (Å²) in [6.45, 7) is -0.291. The number of carbonyl (C=O) groups excluding carboxylic acids is 1. The third kappa shape index (κ3) is 3.73. The van der Waals surface area contributed by atoms with Gasteiger partial charge in [-0.25, -0.2) is 19.0 Å². The predicted octanol–water partition coefficient (Wildman–Crippen LogP) is 2.29. The zero-order valence-electron chi connectivity index (χ0n) is 10.7. The van der Waals surface area contributed by atoms with Crippen LogP contribution in [0, 0.1) is 17.5 Å². The molecule has 0 aromatic heterocycles. The first-order chi connectivity index (χ1) is 9.99. The van der Waals surface area contributed by atoms with Crippen molar-refractivity contribution in [2.75, 3.05) is 0 Å². The Hall–Kier alpha value is -2.54. The monoisotopic (exact) mass is 296 g/mol. The Labute approximate surface area is 118 Å². The Morgan fingerprint density at radius 2 is 1.76 bits per heavy atom. The van der Waals surface area contributed by atoms with Crippen molar-refractivity contribution >= 4 is 5.91 Å². The van der Waals surface area contributed by atoms with Gasteiger partial charge in [0.25, 0.3) is 5.91 Å². The van der Waals surface area contributed by atoms with Crippen molar-refractivity contribution in [3.8, 4) is 5.75 Å². The molecule has 4 nitrogen and oxygen atoms in total. The van der Waals surface area contributed by atoms with Gasteiger partial charge in [-0.05, 0) is 18.2 Å². The highest BCUT2D eigenvalue weighted by Gasteiger charge is 2.10. The van der Waals surface area contributed by atoms with Crippen LogP contribution >= 0.6 is 0 Å². The Morgan fingerprint density at radius 3 is 2.38 bits per heavy atom. The molecular formula is C14H11F3N2O2. The average molecular weight is 296 g/mol. The topological polar surface area (TPSA) is 64.3 Å². The minimum absolute atomic E-state index is 0.0563. The van der Waals surface area contributed by atoms with Crippen LogP contribution in [0.25, 0.3) is 0 Å². The quantitative estimate of drug-likeness (QED) is 0.517. The maximum Gasteiger partial charge on any atom is 0.265 e. The van der Waals surface area contributed by atoms with Crippen molar-refractivity contribution in [1.29, 1.82) is 0 Å². The lowest BCUT2D eigenvalue weighted by Gasteiger charge is -2.09. The second-order valence-electron chi connectivity index (χ2n) is 4.17.